The molecule has 2 aromatic rings. The fourth-order valence-corrected chi connectivity index (χ4v) is 2.75. The minimum absolute atomic E-state index is 0.264. The fraction of sp³-hybridized carbons (Fsp3) is 0.188. The smallest absolute Gasteiger partial charge is 0.406 e. The lowest BCUT2D eigenvalue weighted by molar-refractivity contribution is -0.274. The largest absolute Gasteiger partial charge is 0.573 e. The topological polar surface area (TPSA) is 38.3 Å². The Kier molecular flexibility index (Phi) is 6.01. The normalized spacial score (nSPS) is 12.5. The Bertz CT molecular complexity index is 690. The van der Waals surface area contributed by atoms with Crippen molar-refractivity contribution in [2.24, 2.45) is 0 Å². The van der Waals surface area contributed by atoms with Gasteiger partial charge in [0.15, 0.2) is 0 Å². The maximum Gasteiger partial charge on any atom is 0.573 e. The van der Waals surface area contributed by atoms with Crippen LogP contribution in [0.25, 0.3) is 0 Å². The SMILES string of the molecule is C[C@@H](Sc1ccc(Cl)cc1)C(=O)Nc1ccc(OC(F)(F)F)cc1. The van der Waals surface area contributed by atoms with Crippen LogP contribution in [0.5, 0.6) is 5.75 Å². The first-order valence-electron chi connectivity index (χ1n) is 6.82. The molecule has 0 saturated carbocycles. The van der Waals surface area contributed by atoms with Crippen molar-refractivity contribution < 1.29 is 22.7 Å². The molecule has 128 valence electrons. The van der Waals surface area contributed by atoms with Crippen molar-refractivity contribution in [3.05, 3.63) is 53.6 Å². The van der Waals surface area contributed by atoms with Crippen LogP contribution < -0.4 is 10.1 Å². The highest BCUT2D eigenvalue weighted by Crippen LogP contribution is 2.27. The average molecular weight is 376 g/mol. The van der Waals surface area contributed by atoms with Crippen molar-refractivity contribution in [2.45, 2.75) is 23.4 Å². The van der Waals surface area contributed by atoms with Gasteiger partial charge in [-0.1, -0.05) is 11.6 Å². The Morgan fingerprint density at radius 3 is 2.25 bits per heavy atom. The van der Waals surface area contributed by atoms with Crippen molar-refractivity contribution in [3.8, 4) is 5.75 Å². The molecule has 0 aliphatic carbocycles. The summed E-state index contributed by atoms with van der Waals surface area (Å²) in [5.74, 6) is -0.608. The molecule has 0 aliphatic heterocycles. The zero-order valence-electron chi connectivity index (χ0n) is 12.4. The second-order valence-corrected chi connectivity index (χ2v) is 6.63. The molecule has 2 rings (SSSR count). The number of halogens is 4. The summed E-state index contributed by atoms with van der Waals surface area (Å²) in [6, 6.07) is 12.0. The number of hydrogen-bond acceptors (Lipinski definition) is 3. The van der Waals surface area contributed by atoms with Gasteiger partial charge in [-0.3, -0.25) is 4.79 Å². The summed E-state index contributed by atoms with van der Waals surface area (Å²) in [6.07, 6.45) is -4.74. The van der Waals surface area contributed by atoms with E-state index in [1.54, 1.807) is 31.2 Å². The van der Waals surface area contributed by atoms with Gasteiger partial charge in [0.05, 0.1) is 5.25 Å². The number of thioether (sulfide) groups is 1. The molecule has 1 amide bonds. The van der Waals surface area contributed by atoms with E-state index in [1.165, 1.54) is 23.9 Å². The lowest BCUT2D eigenvalue weighted by atomic mass is 10.3. The number of amides is 1. The van der Waals surface area contributed by atoms with Crippen LogP contribution in [-0.4, -0.2) is 17.5 Å². The van der Waals surface area contributed by atoms with Crippen LogP contribution in [0.15, 0.2) is 53.4 Å². The maximum absolute atomic E-state index is 12.1. The van der Waals surface area contributed by atoms with Gasteiger partial charge in [0.2, 0.25) is 5.91 Å². The third-order valence-electron chi connectivity index (χ3n) is 2.85. The van der Waals surface area contributed by atoms with E-state index in [9.17, 15) is 18.0 Å². The molecule has 0 radical (unpaired) electrons. The summed E-state index contributed by atoms with van der Waals surface area (Å²) in [7, 11) is 0. The molecule has 0 bridgehead atoms. The summed E-state index contributed by atoms with van der Waals surface area (Å²) in [5.41, 5.74) is 0.387. The highest BCUT2D eigenvalue weighted by Gasteiger charge is 2.31. The highest BCUT2D eigenvalue weighted by atomic mass is 35.5. The van der Waals surface area contributed by atoms with E-state index in [0.29, 0.717) is 10.7 Å². The summed E-state index contributed by atoms with van der Waals surface area (Å²) < 4.78 is 40.0. The molecule has 2 aromatic carbocycles. The van der Waals surface area contributed by atoms with Crippen LogP contribution >= 0.6 is 23.4 Å². The van der Waals surface area contributed by atoms with Gasteiger partial charge >= 0.3 is 6.36 Å². The number of benzene rings is 2. The molecule has 24 heavy (non-hydrogen) atoms. The van der Waals surface area contributed by atoms with Crippen molar-refractivity contribution in [2.75, 3.05) is 5.32 Å². The van der Waals surface area contributed by atoms with Gasteiger partial charge in [0.1, 0.15) is 5.75 Å². The van der Waals surface area contributed by atoms with Gasteiger partial charge in [0, 0.05) is 15.6 Å². The Hall–Kier alpha value is -1.86. The Labute approximate surface area is 146 Å². The minimum atomic E-state index is -4.74. The summed E-state index contributed by atoms with van der Waals surface area (Å²) in [5, 5.41) is 2.86. The Morgan fingerprint density at radius 1 is 1.12 bits per heavy atom. The van der Waals surface area contributed by atoms with E-state index in [0.717, 1.165) is 17.0 Å². The number of hydrogen-bond donors (Lipinski definition) is 1. The molecule has 3 nitrogen and oxygen atoms in total. The standard InChI is InChI=1S/C16H13ClF3NO2S/c1-10(24-14-8-2-11(17)3-9-14)15(22)21-12-4-6-13(7-5-12)23-16(18,19)20/h2-10H,1H3,(H,21,22)/t10-/m1/s1. The fourth-order valence-electron chi connectivity index (χ4n) is 1.75. The first kappa shape index (κ1) is 18.5. The molecule has 1 N–H and O–H groups in total. The van der Waals surface area contributed by atoms with E-state index in [2.05, 4.69) is 10.1 Å². The molecule has 0 saturated heterocycles. The molecule has 1 atom stereocenters. The van der Waals surface area contributed by atoms with Crippen molar-refractivity contribution in [1.29, 1.82) is 0 Å². The third kappa shape index (κ3) is 5.98. The van der Waals surface area contributed by atoms with Crippen LogP contribution in [0, 0.1) is 0 Å². The maximum atomic E-state index is 12.1. The van der Waals surface area contributed by atoms with E-state index >= 15 is 0 Å². The molecule has 0 aromatic heterocycles. The van der Waals surface area contributed by atoms with Crippen molar-refractivity contribution >= 4 is 35.0 Å². The van der Waals surface area contributed by atoms with E-state index in [4.69, 9.17) is 11.6 Å². The number of rotatable bonds is 5. The molecule has 8 heteroatoms. The molecular weight excluding hydrogens is 363 g/mol. The first-order valence-corrected chi connectivity index (χ1v) is 8.07. The number of alkyl halides is 3. The van der Waals surface area contributed by atoms with Gasteiger partial charge in [-0.15, -0.1) is 24.9 Å². The average Bonchev–Trinajstić information content (AvgIpc) is 2.50. The Morgan fingerprint density at radius 2 is 1.71 bits per heavy atom. The second-order valence-electron chi connectivity index (χ2n) is 4.78. The minimum Gasteiger partial charge on any atom is -0.406 e. The lowest BCUT2D eigenvalue weighted by Gasteiger charge is -2.13. The van der Waals surface area contributed by atoms with E-state index in [1.807, 2.05) is 0 Å². The van der Waals surface area contributed by atoms with Crippen LogP contribution in [0.1, 0.15) is 6.92 Å². The van der Waals surface area contributed by atoms with Gasteiger partial charge in [-0.2, -0.15) is 0 Å². The van der Waals surface area contributed by atoms with Gasteiger partial charge in [-0.25, -0.2) is 0 Å². The predicted molar refractivity (Wildman–Crippen MR) is 88.5 cm³/mol. The van der Waals surface area contributed by atoms with Crippen LogP contribution in [0.3, 0.4) is 0 Å². The van der Waals surface area contributed by atoms with Crippen molar-refractivity contribution in [1.82, 2.24) is 0 Å². The molecular formula is C16H13ClF3NO2S. The number of nitrogens with one attached hydrogen (secondary N) is 1. The summed E-state index contributed by atoms with van der Waals surface area (Å²) in [4.78, 5) is 13.0. The van der Waals surface area contributed by atoms with E-state index in [-0.39, 0.29) is 11.7 Å². The quantitative estimate of drug-likeness (QED) is 0.715. The van der Waals surface area contributed by atoms with Gasteiger partial charge in [-0.05, 0) is 55.5 Å². The van der Waals surface area contributed by atoms with Crippen molar-refractivity contribution in [3.63, 3.8) is 0 Å². The first-order chi connectivity index (χ1) is 11.2. The third-order valence-corrected chi connectivity index (χ3v) is 4.22. The number of carbonyl (C=O) groups is 1. The highest BCUT2D eigenvalue weighted by molar-refractivity contribution is 8.00. The summed E-state index contributed by atoms with van der Waals surface area (Å²) >= 11 is 7.15. The van der Waals surface area contributed by atoms with Gasteiger partial charge < -0.3 is 10.1 Å². The van der Waals surface area contributed by atoms with Gasteiger partial charge in [0.25, 0.3) is 0 Å². The number of ether oxygens (including phenoxy) is 1. The number of carbonyl (C=O) groups excluding carboxylic acids is 1. The predicted octanol–water partition coefficient (Wildman–Crippen LogP) is 5.36. The molecule has 0 heterocycles. The van der Waals surface area contributed by atoms with E-state index < -0.39 is 11.6 Å². The van der Waals surface area contributed by atoms with Crippen LogP contribution in [-0.2, 0) is 4.79 Å². The van der Waals surface area contributed by atoms with Crippen LogP contribution in [0.4, 0.5) is 18.9 Å². The molecule has 0 unspecified atom stereocenters. The molecule has 0 aliphatic rings. The summed E-state index contributed by atoms with van der Waals surface area (Å²) in [6.45, 7) is 1.73. The number of anilines is 1. The second kappa shape index (κ2) is 7.81. The molecule has 0 fully saturated rings. The zero-order chi connectivity index (χ0) is 17.7. The molecule has 0 spiro atoms. The van der Waals surface area contributed by atoms with Crippen LogP contribution in [0.2, 0.25) is 5.02 Å². The lowest BCUT2D eigenvalue weighted by Crippen LogP contribution is -2.22. The zero-order valence-corrected chi connectivity index (χ0v) is 14.0. The monoisotopic (exact) mass is 375 g/mol. The Balaban J connectivity index is 1.92.